The molecule has 0 spiro atoms. The van der Waals surface area contributed by atoms with Crippen LogP contribution in [0, 0.1) is 35.5 Å². The van der Waals surface area contributed by atoms with Crippen molar-refractivity contribution in [2.24, 2.45) is 35.5 Å². The number of hydrogen-bond acceptors (Lipinski definition) is 2. The molecular weight excluding hydrogens is 674 g/mol. The SMILES string of the molecule is CC(C)(C)c1cc(CP(C23CC4CC(CC(C4)C2)C3)C23CC4CC(CC(C4)C2)C3)c(C(P)(C2CCCN2)C2CCCN2)[cH-]1.[Fe+2].c1cc[cH-]c1. The summed E-state index contributed by atoms with van der Waals surface area (Å²) in [6, 6.07) is 16.7. The second-order valence-electron chi connectivity index (χ2n) is 20.0. The molecule has 8 saturated carbocycles. The molecule has 10 aliphatic rings. The summed E-state index contributed by atoms with van der Waals surface area (Å²) >= 11 is 0. The van der Waals surface area contributed by atoms with E-state index in [4.69, 9.17) is 0 Å². The minimum Gasteiger partial charge on any atom is -0.313 e. The van der Waals surface area contributed by atoms with Gasteiger partial charge in [-0.1, -0.05) is 26.9 Å². The summed E-state index contributed by atoms with van der Waals surface area (Å²) in [4.78, 5) is 0. The van der Waals surface area contributed by atoms with Gasteiger partial charge in [-0.15, -0.1) is 17.2 Å². The molecule has 8 bridgehead atoms. The topological polar surface area (TPSA) is 24.1 Å². The third-order valence-corrected chi connectivity index (χ3v) is 20.8. The van der Waals surface area contributed by atoms with E-state index in [9.17, 15) is 0 Å². The van der Waals surface area contributed by atoms with Crippen LogP contribution in [0.25, 0.3) is 0 Å². The van der Waals surface area contributed by atoms with Crippen molar-refractivity contribution in [3.05, 3.63) is 59.2 Å². The Balaban J connectivity index is 0.000000536. The molecule has 2 aliphatic heterocycles. The molecule has 49 heavy (non-hydrogen) atoms. The molecule has 2 saturated heterocycles. The van der Waals surface area contributed by atoms with Gasteiger partial charge in [0, 0.05) is 17.2 Å². The summed E-state index contributed by atoms with van der Waals surface area (Å²) < 4.78 is 0. The molecule has 2 aromatic carbocycles. The predicted molar refractivity (Wildman–Crippen MR) is 209 cm³/mol. The second-order valence-corrected chi connectivity index (χ2v) is 24.0. The second kappa shape index (κ2) is 13.7. The fourth-order valence-electron chi connectivity index (χ4n) is 14.4. The number of rotatable bonds is 7. The molecule has 10 fully saturated rings. The maximum atomic E-state index is 4.06. The fraction of sp³-hybridized carbons (Fsp3) is 0.773. The van der Waals surface area contributed by atoms with Crippen molar-refractivity contribution >= 4 is 17.2 Å². The van der Waals surface area contributed by atoms with Crippen LogP contribution in [-0.2, 0) is 33.8 Å². The van der Waals surface area contributed by atoms with Gasteiger partial charge in [-0.3, -0.25) is 0 Å². The molecule has 0 aromatic heterocycles. The maximum Gasteiger partial charge on any atom is 2.00 e. The Kier molecular flexibility index (Phi) is 10.1. The van der Waals surface area contributed by atoms with Crippen LogP contribution in [0.1, 0.15) is 140 Å². The molecule has 2 aromatic rings. The zero-order chi connectivity index (χ0) is 32.7. The van der Waals surface area contributed by atoms with E-state index in [0.717, 1.165) is 35.5 Å². The van der Waals surface area contributed by atoms with Crippen LogP contribution in [-0.4, -0.2) is 35.5 Å². The molecule has 0 radical (unpaired) electrons. The Labute approximate surface area is 313 Å². The molecule has 3 unspecified atom stereocenters. The summed E-state index contributed by atoms with van der Waals surface area (Å²) in [6.07, 6.45) is 26.1. The summed E-state index contributed by atoms with van der Waals surface area (Å²) in [5.41, 5.74) is 5.39. The first-order valence-electron chi connectivity index (χ1n) is 20.6. The van der Waals surface area contributed by atoms with Crippen molar-refractivity contribution in [1.29, 1.82) is 0 Å². The van der Waals surface area contributed by atoms with Gasteiger partial charge in [0.05, 0.1) is 0 Å². The molecule has 5 heteroatoms. The van der Waals surface area contributed by atoms with Crippen LogP contribution in [0.4, 0.5) is 0 Å². The van der Waals surface area contributed by atoms with Crippen molar-refractivity contribution in [1.82, 2.24) is 10.6 Å². The Morgan fingerprint density at radius 1 is 0.735 bits per heavy atom. The van der Waals surface area contributed by atoms with Gasteiger partial charge >= 0.3 is 17.1 Å². The van der Waals surface area contributed by atoms with Crippen molar-refractivity contribution < 1.29 is 17.1 Å². The van der Waals surface area contributed by atoms with Crippen molar-refractivity contribution in [3.8, 4) is 0 Å². The Hall–Kier alpha value is -0.000519. The molecular formula is C44H66FeN2P2. The number of hydrogen-bond donors (Lipinski definition) is 2. The van der Waals surface area contributed by atoms with Crippen LogP contribution >= 0.6 is 17.2 Å². The first-order valence-corrected chi connectivity index (χ1v) is 22.7. The van der Waals surface area contributed by atoms with E-state index in [0.29, 0.717) is 22.4 Å². The van der Waals surface area contributed by atoms with Crippen molar-refractivity contribution in [2.45, 2.75) is 163 Å². The van der Waals surface area contributed by atoms with Gasteiger partial charge in [0.2, 0.25) is 0 Å². The quantitative estimate of drug-likeness (QED) is 0.168. The summed E-state index contributed by atoms with van der Waals surface area (Å²) in [6.45, 7) is 9.82. The minimum absolute atomic E-state index is 0. The average Bonchev–Trinajstić information content (AvgIpc) is 3.86. The van der Waals surface area contributed by atoms with E-state index in [2.05, 4.69) is 52.8 Å². The standard InChI is InChI=1S/C39H61N2P2.C5H5.Fe/c1-36(2,3)32-16-31(33(17-32)39(42,34-6-4-8-40-34)35-7-5-9-41-35)24-43(37-18-25-10-26(19-37)12-27(11-25)20-37)38-21-28-13-29(22-38)15-30(14-28)23-38;1-2-4-5-3-1;/h16-17,25-30,34-35,40-41H,4-15,18-24,42H2,1-3H3;1-5H;/q2*-1;+2. The average molecular weight is 741 g/mol. The van der Waals surface area contributed by atoms with Crippen LogP contribution in [0.5, 0.6) is 0 Å². The summed E-state index contributed by atoms with van der Waals surface area (Å²) in [7, 11) is 3.54. The van der Waals surface area contributed by atoms with Crippen LogP contribution in [0.2, 0.25) is 0 Å². The third-order valence-electron chi connectivity index (χ3n) is 15.6. The maximum absolute atomic E-state index is 4.06. The Bertz CT molecular complexity index is 1260. The van der Waals surface area contributed by atoms with E-state index in [1.54, 1.807) is 88.2 Å². The zero-order valence-corrected chi connectivity index (χ0v) is 34.1. The monoisotopic (exact) mass is 740 g/mol. The van der Waals surface area contributed by atoms with Crippen molar-refractivity contribution in [3.63, 3.8) is 0 Å². The molecule has 270 valence electrons. The van der Waals surface area contributed by atoms with Gasteiger partial charge in [0.25, 0.3) is 0 Å². The van der Waals surface area contributed by atoms with Gasteiger partial charge < -0.3 is 10.6 Å². The van der Waals surface area contributed by atoms with Crippen LogP contribution < -0.4 is 10.6 Å². The summed E-state index contributed by atoms with van der Waals surface area (Å²) in [5.74, 6) is 6.42. The van der Waals surface area contributed by atoms with Gasteiger partial charge in [-0.05, 0) is 167 Å². The van der Waals surface area contributed by atoms with Crippen molar-refractivity contribution in [2.75, 3.05) is 13.1 Å². The predicted octanol–water partition coefficient (Wildman–Crippen LogP) is 10.6. The first-order chi connectivity index (χ1) is 23.1. The number of nitrogens with one attached hydrogen (secondary N) is 2. The van der Waals surface area contributed by atoms with Crippen LogP contribution in [0.3, 0.4) is 0 Å². The van der Waals surface area contributed by atoms with Gasteiger partial charge in [-0.2, -0.15) is 41.0 Å². The van der Waals surface area contributed by atoms with E-state index in [1.165, 1.54) is 44.9 Å². The summed E-state index contributed by atoms with van der Waals surface area (Å²) in [5, 5.41) is 9.63. The molecule has 2 heterocycles. The zero-order valence-electron chi connectivity index (χ0n) is 31.0. The Morgan fingerprint density at radius 2 is 1.16 bits per heavy atom. The van der Waals surface area contributed by atoms with Gasteiger partial charge in [0.1, 0.15) is 0 Å². The molecule has 0 amide bonds. The van der Waals surface area contributed by atoms with Gasteiger partial charge in [0.15, 0.2) is 0 Å². The van der Waals surface area contributed by atoms with Gasteiger partial charge in [-0.25, -0.2) is 18.2 Å². The van der Waals surface area contributed by atoms with E-state index >= 15 is 0 Å². The third kappa shape index (κ3) is 6.50. The van der Waals surface area contributed by atoms with Crippen LogP contribution in [0.15, 0.2) is 42.5 Å². The normalized spacial score (nSPS) is 42.0. The first kappa shape index (κ1) is 36.0. The Morgan fingerprint density at radius 3 is 1.49 bits per heavy atom. The van der Waals surface area contributed by atoms with E-state index in [1.807, 2.05) is 35.9 Å². The largest absolute Gasteiger partial charge is 2.00 e. The molecule has 8 aliphatic carbocycles. The smallest absolute Gasteiger partial charge is 0.313 e. The fourth-order valence-corrected chi connectivity index (χ4v) is 20.4. The molecule has 2 N–H and O–H groups in total. The minimum atomic E-state index is -0.0455. The molecule has 12 rings (SSSR count). The van der Waals surface area contributed by atoms with E-state index < -0.39 is 0 Å². The molecule has 3 atom stereocenters. The van der Waals surface area contributed by atoms with E-state index in [-0.39, 0.29) is 35.6 Å². The molecule has 2 nitrogen and oxygen atoms in total.